The number of hydrogen-bond donors (Lipinski definition) is 0. The van der Waals surface area contributed by atoms with Crippen LogP contribution < -0.4 is 4.90 Å². The van der Waals surface area contributed by atoms with E-state index in [0.717, 1.165) is 28.4 Å². The predicted octanol–water partition coefficient (Wildman–Crippen LogP) is 3.63. The molecule has 0 fully saturated rings. The Morgan fingerprint density at radius 2 is 1.91 bits per heavy atom. The fourth-order valence-corrected chi connectivity index (χ4v) is 2.62. The van der Waals surface area contributed by atoms with E-state index in [-0.39, 0.29) is 0 Å². The lowest BCUT2D eigenvalue weighted by atomic mass is 10.0. The van der Waals surface area contributed by atoms with E-state index in [4.69, 9.17) is 9.47 Å². The molecule has 1 aromatic heterocycles. The minimum atomic E-state index is 0.557. The number of aromatic nitrogens is 1. The van der Waals surface area contributed by atoms with Gasteiger partial charge in [-0.25, -0.2) is 4.98 Å². The molecule has 1 aliphatic rings. The van der Waals surface area contributed by atoms with Gasteiger partial charge in [-0.15, -0.1) is 0 Å². The largest absolute Gasteiger partial charge is 0.493 e. The number of allylic oxidation sites excluding steroid dienone is 1. The lowest BCUT2D eigenvalue weighted by molar-refractivity contribution is 0.109. The van der Waals surface area contributed by atoms with Crippen LogP contribution in [0.2, 0.25) is 0 Å². The summed E-state index contributed by atoms with van der Waals surface area (Å²) in [5.41, 5.74) is 3.37. The summed E-state index contributed by atoms with van der Waals surface area (Å²) in [5, 5.41) is 0. The normalized spacial score (nSPS) is 14.0. The molecule has 0 bridgehead atoms. The van der Waals surface area contributed by atoms with Gasteiger partial charge in [0.05, 0.1) is 13.2 Å². The smallest absolute Gasteiger partial charge is 0.141 e. The second-order valence-electron chi connectivity index (χ2n) is 5.19. The Morgan fingerprint density at radius 1 is 1.09 bits per heavy atom. The molecule has 1 aromatic carbocycles. The Kier molecular flexibility index (Phi) is 4.39. The van der Waals surface area contributed by atoms with Crippen LogP contribution >= 0.6 is 0 Å². The van der Waals surface area contributed by atoms with Crippen molar-refractivity contribution in [2.75, 3.05) is 31.8 Å². The highest BCUT2D eigenvalue weighted by molar-refractivity contribution is 5.82. The summed E-state index contributed by atoms with van der Waals surface area (Å²) in [7, 11) is 1.68. The van der Waals surface area contributed by atoms with Crippen LogP contribution in [0.3, 0.4) is 0 Å². The van der Waals surface area contributed by atoms with Crippen molar-refractivity contribution in [3.8, 4) is 0 Å². The van der Waals surface area contributed by atoms with E-state index in [1.807, 2.05) is 30.5 Å². The molecule has 4 nitrogen and oxygen atoms in total. The first-order chi connectivity index (χ1) is 10.8. The molecular formula is C18H20N2O2. The third-order valence-corrected chi connectivity index (χ3v) is 3.80. The number of rotatable bonds is 5. The number of para-hydroxylation sites is 1. The van der Waals surface area contributed by atoms with Gasteiger partial charge in [0.15, 0.2) is 0 Å². The summed E-state index contributed by atoms with van der Waals surface area (Å²) in [4.78, 5) is 6.75. The van der Waals surface area contributed by atoms with E-state index in [1.54, 1.807) is 7.11 Å². The van der Waals surface area contributed by atoms with Gasteiger partial charge in [-0.3, -0.25) is 0 Å². The van der Waals surface area contributed by atoms with E-state index in [2.05, 4.69) is 35.0 Å². The van der Waals surface area contributed by atoms with Crippen LogP contribution in [-0.2, 0) is 9.47 Å². The number of nitrogens with zero attached hydrogens (tertiary/aromatic N) is 2. The van der Waals surface area contributed by atoms with Gasteiger partial charge in [-0.1, -0.05) is 18.2 Å². The number of fused-ring (bicyclic) bond motifs is 1. The molecule has 0 atom stereocenters. The Hall–Kier alpha value is -2.33. The minimum Gasteiger partial charge on any atom is -0.493 e. The van der Waals surface area contributed by atoms with Crippen LogP contribution in [0.25, 0.3) is 5.57 Å². The highest BCUT2D eigenvalue weighted by atomic mass is 16.5. The summed E-state index contributed by atoms with van der Waals surface area (Å²) < 4.78 is 11.0. The molecule has 0 N–H and O–H groups in total. The average molecular weight is 296 g/mol. The van der Waals surface area contributed by atoms with Crippen molar-refractivity contribution in [1.29, 1.82) is 0 Å². The Morgan fingerprint density at radius 3 is 2.68 bits per heavy atom. The molecule has 1 aliphatic heterocycles. The van der Waals surface area contributed by atoms with Crippen molar-refractivity contribution in [2.45, 2.75) is 6.92 Å². The van der Waals surface area contributed by atoms with Crippen LogP contribution in [0.15, 0.2) is 54.4 Å². The highest BCUT2D eigenvalue weighted by Gasteiger charge is 2.25. The zero-order chi connectivity index (χ0) is 15.4. The predicted molar refractivity (Wildman–Crippen MR) is 88.1 cm³/mol. The third-order valence-electron chi connectivity index (χ3n) is 3.80. The standard InChI is InChI=1S/C18H20N2O2/c1-14-16-9-6-10-19-18(16)20(15-7-4-3-5-8-15)13-17(14)22-12-11-21-2/h3-10H,11-13H2,1-2H3. The number of ether oxygens (including phenoxy) is 2. The monoisotopic (exact) mass is 296 g/mol. The van der Waals surface area contributed by atoms with Gasteiger partial charge in [0.25, 0.3) is 0 Å². The summed E-state index contributed by atoms with van der Waals surface area (Å²) in [6, 6.07) is 14.3. The van der Waals surface area contributed by atoms with Crippen LogP contribution in [0.5, 0.6) is 0 Å². The van der Waals surface area contributed by atoms with Crippen LogP contribution in [0, 0.1) is 0 Å². The molecule has 4 heteroatoms. The molecule has 0 saturated carbocycles. The van der Waals surface area contributed by atoms with Crippen molar-refractivity contribution >= 4 is 17.1 Å². The maximum absolute atomic E-state index is 5.93. The number of benzene rings is 1. The number of anilines is 2. The molecule has 114 valence electrons. The van der Waals surface area contributed by atoms with E-state index < -0.39 is 0 Å². The Labute approximate surface area is 131 Å². The van der Waals surface area contributed by atoms with Gasteiger partial charge in [0.2, 0.25) is 0 Å². The molecule has 0 spiro atoms. The summed E-state index contributed by atoms with van der Waals surface area (Å²) in [6.45, 7) is 3.91. The lowest BCUT2D eigenvalue weighted by Crippen LogP contribution is -2.27. The molecule has 2 aromatic rings. The van der Waals surface area contributed by atoms with Crippen LogP contribution in [0.4, 0.5) is 11.5 Å². The number of methoxy groups -OCH3 is 1. The van der Waals surface area contributed by atoms with E-state index >= 15 is 0 Å². The van der Waals surface area contributed by atoms with E-state index in [1.165, 1.54) is 0 Å². The molecule has 0 unspecified atom stereocenters. The second kappa shape index (κ2) is 6.62. The van der Waals surface area contributed by atoms with Crippen molar-refractivity contribution < 1.29 is 9.47 Å². The van der Waals surface area contributed by atoms with E-state index in [9.17, 15) is 0 Å². The summed E-state index contributed by atoms with van der Waals surface area (Å²) in [5.74, 6) is 1.95. The quantitative estimate of drug-likeness (QED) is 0.789. The molecule has 0 aliphatic carbocycles. The topological polar surface area (TPSA) is 34.6 Å². The highest BCUT2D eigenvalue weighted by Crippen LogP contribution is 2.37. The zero-order valence-corrected chi connectivity index (χ0v) is 13.0. The van der Waals surface area contributed by atoms with Gasteiger partial charge >= 0.3 is 0 Å². The second-order valence-corrected chi connectivity index (χ2v) is 5.19. The molecule has 0 amide bonds. The van der Waals surface area contributed by atoms with Gasteiger partial charge < -0.3 is 14.4 Å². The first-order valence-electron chi connectivity index (χ1n) is 7.40. The Bertz CT molecular complexity index is 668. The molecule has 22 heavy (non-hydrogen) atoms. The van der Waals surface area contributed by atoms with Gasteiger partial charge in [-0.2, -0.15) is 0 Å². The lowest BCUT2D eigenvalue weighted by Gasteiger charge is -2.32. The minimum absolute atomic E-state index is 0.557. The maximum Gasteiger partial charge on any atom is 0.141 e. The van der Waals surface area contributed by atoms with Gasteiger partial charge in [-0.05, 0) is 36.8 Å². The third kappa shape index (κ3) is 2.83. The molecule has 0 radical (unpaired) electrons. The fourth-order valence-electron chi connectivity index (χ4n) is 2.62. The fraction of sp³-hybridized carbons (Fsp3) is 0.278. The maximum atomic E-state index is 5.93. The number of pyridine rings is 1. The summed E-state index contributed by atoms with van der Waals surface area (Å²) >= 11 is 0. The van der Waals surface area contributed by atoms with Gasteiger partial charge in [0.1, 0.15) is 18.2 Å². The Balaban J connectivity index is 1.97. The molecule has 0 saturated heterocycles. The van der Waals surface area contributed by atoms with Crippen molar-refractivity contribution in [1.82, 2.24) is 4.98 Å². The van der Waals surface area contributed by atoms with Crippen molar-refractivity contribution in [3.05, 3.63) is 60.0 Å². The average Bonchev–Trinajstić information content (AvgIpc) is 2.58. The van der Waals surface area contributed by atoms with Crippen LogP contribution in [-0.4, -0.2) is 31.9 Å². The summed E-state index contributed by atoms with van der Waals surface area (Å²) in [6.07, 6.45) is 1.83. The number of hydrogen-bond acceptors (Lipinski definition) is 4. The van der Waals surface area contributed by atoms with Crippen LogP contribution in [0.1, 0.15) is 12.5 Å². The van der Waals surface area contributed by atoms with E-state index in [0.29, 0.717) is 19.8 Å². The van der Waals surface area contributed by atoms with Gasteiger partial charge in [0, 0.05) is 24.6 Å². The molecular weight excluding hydrogens is 276 g/mol. The van der Waals surface area contributed by atoms with Crippen molar-refractivity contribution in [2.24, 2.45) is 0 Å². The zero-order valence-electron chi connectivity index (χ0n) is 13.0. The molecule has 3 rings (SSSR count). The SMILES string of the molecule is COCCOC1=C(C)c2cccnc2N(c2ccccc2)C1. The van der Waals surface area contributed by atoms with Crippen molar-refractivity contribution in [3.63, 3.8) is 0 Å². The molecule has 2 heterocycles. The first kappa shape index (κ1) is 14.6. The first-order valence-corrected chi connectivity index (χ1v) is 7.40.